The number of halogens is 1. The summed E-state index contributed by atoms with van der Waals surface area (Å²) in [6.07, 6.45) is 1.52. The van der Waals surface area contributed by atoms with Crippen molar-refractivity contribution in [3.63, 3.8) is 0 Å². The number of benzene rings is 1. The van der Waals surface area contributed by atoms with Crippen molar-refractivity contribution in [3.8, 4) is 0 Å². The Balaban J connectivity index is 2.77. The lowest BCUT2D eigenvalue weighted by molar-refractivity contribution is -0.115. The number of nitrogens with one attached hydrogen (secondary N) is 1. The molecular formula is C12H14FNO3S. The Kier molecular flexibility index (Phi) is 4.61. The summed E-state index contributed by atoms with van der Waals surface area (Å²) in [6.45, 7) is 3.16. The number of allylic oxidation sites excluding steroid dienone is 1. The van der Waals surface area contributed by atoms with Crippen molar-refractivity contribution >= 4 is 15.9 Å². The molecule has 1 rings (SSSR count). The maximum Gasteiger partial charge on any atom is 0.260 e. The Labute approximate surface area is 106 Å². The first-order valence-corrected chi connectivity index (χ1v) is 6.91. The molecule has 1 aromatic carbocycles. The van der Waals surface area contributed by atoms with Gasteiger partial charge in [0.05, 0.1) is 5.75 Å². The minimum atomic E-state index is -3.76. The molecule has 4 nitrogen and oxygen atoms in total. The molecule has 6 heteroatoms. The Morgan fingerprint density at radius 2 is 1.89 bits per heavy atom. The highest BCUT2D eigenvalue weighted by Crippen LogP contribution is 2.07. The molecule has 0 bridgehead atoms. The number of carbonyl (C=O) groups excluding carboxylic acids is 1. The van der Waals surface area contributed by atoms with Gasteiger partial charge in [0.1, 0.15) is 5.82 Å². The highest BCUT2D eigenvalue weighted by molar-refractivity contribution is 7.89. The molecule has 1 aromatic rings. The van der Waals surface area contributed by atoms with Crippen LogP contribution in [0.3, 0.4) is 0 Å². The van der Waals surface area contributed by atoms with Crippen molar-refractivity contribution in [2.75, 3.05) is 0 Å². The smallest absolute Gasteiger partial charge is 0.260 e. The second-order valence-electron chi connectivity index (χ2n) is 3.79. The maximum atomic E-state index is 12.7. The quantitative estimate of drug-likeness (QED) is 0.848. The zero-order valence-corrected chi connectivity index (χ0v) is 10.9. The summed E-state index contributed by atoms with van der Waals surface area (Å²) in [5.41, 5.74) is 0.729. The molecule has 0 unspecified atom stereocenters. The lowest BCUT2D eigenvalue weighted by atomic mass is 10.2. The van der Waals surface area contributed by atoms with Crippen LogP contribution in [0.2, 0.25) is 0 Å². The first-order valence-electron chi connectivity index (χ1n) is 5.26. The van der Waals surface area contributed by atoms with E-state index in [1.165, 1.54) is 37.3 Å². The van der Waals surface area contributed by atoms with Crippen LogP contribution in [0.25, 0.3) is 0 Å². The lowest BCUT2D eigenvalue weighted by Gasteiger charge is -2.07. The van der Waals surface area contributed by atoms with Crippen LogP contribution in [0.15, 0.2) is 35.9 Å². The SMILES string of the molecule is CC=C(C)C(=O)NS(=O)(=O)Cc1ccc(F)cc1. The predicted molar refractivity (Wildman–Crippen MR) is 66.6 cm³/mol. The van der Waals surface area contributed by atoms with E-state index in [-0.39, 0.29) is 5.75 Å². The molecule has 0 fully saturated rings. The summed E-state index contributed by atoms with van der Waals surface area (Å²) in [7, 11) is -3.76. The largest absolute Gasteiger partial charge is 0.269 e. The highest BCUT2D eigenvalue weighted by atomic mass is 32.2. The zero-order chi connectivity index (χ0) is 13.8. The van der Waals surface area contributed by atoms with E-state index in [9.17, 15) is 17.6 Å². The van der Waals surface area contributed by atoms with Crippen molar-refractivity contribution in [1.29, 1.82) is 0 Å². The molecule has 0 aliphatic rings. The molecular weight excluding hydrogens is 257 g/mol. The summed E-state index contributed by atoms with van der Waals surface area (Å²) in [6, 6.07) is 5.07. The van der Waals surface area contributed by atoms with Crippen LogP contribution in [-0.4, -0.2) is 14.3 Å². The van der Waals surface area contributed by atoms with Crippen molar-refractivity contribution in [3.05, 3.63) is 47.3 Å². The normalized spacial score (nSPS) is 12.3. The zero-order valence-electron chi connectivity index (χ0n) is 10.1. The van der Waals surface area contributed by atoms with Gasteiger partial charge < -0.3 is 0 Å². The van der Waals surface area contributed by atoms with Crippen molar-refractivity contribution in [1.82, 2.24) is 4.72 Å². The van der Waals surface area contributed by atoms with Gasteiger partial charge in [0.25, 0.3) is 5.91 Å². The van der Waals surface area contributed by atoms with E-state index in [2.05, 4.69) is 0 Å². The van der Waals surface area contributed by atoms with Crippen LogP contribution < -0.4 is 4.72 Å². The second kappa shape index (κ2) is 5.77. The number of hydrogen-bond acceptors (Lipinski definition) is 3. The monoisotopic (exact) mass is 271 g/mol. The van der Waals surface area contributed by atoms with Gasteiger partial charge in [0, 0.05) is 5.57 Å². The number of carbonyl (C=O) groups is 1. The molecule has 98 valence electrons. The van der Waals surface area contributed by atoms with Gasteiger partial charge in [-0.1, -0.05) is 18.2 Å². The average Bonchev–Trinajstić information content (AvgIpc) is 2.30. The molecule has 0 aromatic heterocycles. The molecule has 1 amide bonds. The van der Waals surface area contributed by atoms with E-state index >= 15 is 0 Å². The maximum absolute atomic E-state index is 12.7. The first-order chi connectivity index (χ1) is 8.34. The molecule has 0 heterocycles. The summed E-state index contributed by atoms with van der Waals surface area (Å²) in [5.74, 6) is -1.46. The van der Waals surface area contributed by atoms with E-state index < -0.39 is 21.7 Å². The van der Waals surface area contributed by atoms with E-state index in [4.69, 9.17) is 0 Å². The van der Waals surface area contributed by atoms with Gasteiger partial charge >= 0.3 is 0 Å². The van der Waals surface area contributed by atoms with Crippen LogP contribution >= 0.6 is 0 Å². The fourth-order valence-electron chi connectivity index (χ4n) is 1.19. The molecule has 0 saturated heterocycles. The van der Waals surface area contributed by atoms with Gasteiger partial charge in [-0.3, -0.25) is 4.79 Å². The fraction of sp³-hybridized carbons (Fsp3) is 0.250. The second-order valence-corrected chi connectivity index (χ2v) is 5.51. The van der Waals surface area contributed by atoms with E-state index in [0.29, 0.717) is 11.1 Å². The minimum Gasteiger partial charge on any atom is -0.269 e. The van der Waals surface area contributed by atoms with Crippen LogP contribution in [0, 0.1) is 5.82 Å². The predicted octanol–water partition coefficient (Wildman–Crippen LogP) is 1.74. The summed E-state index contributed by atoms with van der Waals surface area (Å²) >= 11 is 0. The number of rotatable bonds is 4. The van der Waals surface area contributed by atoms with Crippen molar-refractivity contribution < 1.29 is 17.6 Å². The Bertz CT molecular complexity index is 561. The molecule has 0 radical (unpaired) electrons. The van der Waals surface area contributed by atoms with Crippen molar-refractivity contribution in [2.24, 2.45) is 0 Å². The van der Waals surface area contributed by atoms with E-state index in [1.807, 2.05) is 4.72 Å². The van der Waals surface area contributed by atoms with Crippen LogP contribution in [0.1, 0.15) is 19.4 Å². The van der Waals surface area contributed by atoms with E-state index in [0.717, 1.165) is 0 Å². The molecule has 1 N–H and O–H groups in total. The van der Waals surface area contributed by atoms with Gasteiger partial charge in [-0.15, -0.1) is 0 Å². The third-order valence-corrected chi connectivity index (χ3v) is 3.52. The van der Waals surface area contributed by atoms with E-state index in [1.54, 1.807) is 6.92 Å². The number of sulfonamides is 1. The molecule has 0 aliphatic heterocycles. The minimum absolute atomic E-state index is 0.317. The Morgan fingerprint density at radius 3 is 2.39 bits per heavy atom. The van der Waals surface area contributed by atoms with Gasteiger partial charge in [0.2, 0.25) is 10.0 Å². The van der Waals surface area contributed by atoms with Crippen LogP contribution in [-0.2, 0) is 20.6 Å². The summed E-state index contributed by atoms with van der Waals surface area (Å²) in [4.78, 5) is 11.4. The molecule has 0 aliphatic carbocycles. The first kappa shape index (κ1) is 14.4. The molecule has 0 saturated carbocycles. The summed E-state index contributed by atoms with van der Waals surface area (Å²) < 4.78 is 37.9. The molecule has 0 spiro atoms. The lowest BCUT2D eigenvalue weighted by Crippen LogP contribution is -2.32. The van der Waals surface area contributed by atoms with Gasteiger partial charge in [-0.2, -0.15) is 0 Å². The number of hydrogen-bond donors (Lipinski definition) is 1. The third-order valence-electron chi connectivity index (χ3n) is 2.31. The molecule has 18 heavy (non-hydrogen) atoms. The third kappa shape index (κ3) is 4.29. The Morgan fingerprint density at radius 1 is 1.33 bits per heavy atom. The fourth-order valence-corrected chi connectivity index (χ4v) is 2.34. The Hall–Kier alpha value is -1.69. The van der Waals surface area contributed by atoms with Gasteiger partial charge in [-0.25, -0.2) is 17.5 Å². The average molecular weight is 271 g/mol. The molecule has 0 atom stereocenters. The summed E-state index contributed by atoms with van der Waals surface area (Å²) in [5, 5.41) is 0. The topological polar surface area (TPSA) is 63.2 Å². The highest BCUT2D eigenvalue weighted by Gasteiger charge is 2.16. The van der Waals surface area contributed by atoms with Crippen molar-refractivity contribution in [2.45, 2.75) is 19.6 Å². The van der Waals surface area contributed by atoms with Gasteiger partial charge in [-0.05, 0) is 31.5 Å². The number of amides is 1. The standard InChI is InChI=1S/C12H14FNO3S/c1-3-9(2)12(15)14-18(16,17)8-10-4-6-11(13)7-5-10/h3-7H,8H2,1-2H3,(H,14,15). The van der Waals surface area contributed by atoms with Gasteiger partial charge in [0.15, 0.2) is 0 Å². The van der Waals surface area contributed by atoms with Crippen LogP contribution in [0.4, 0.5) is 4.39 Å². The van der Waals surface area contributed by atoms with Crippen LogP contribution in [0.5, 0.6) is 0 Å².